The lowest BCUT2D eigenvalue weighted by molar-refractivity contribution is 0.0936. The van der Waals surface area contributed by atoms with Crippen LogP contribution in [0, 0.1) is 6.92 Å². The molecule has 2 aromatic heterocycles. The number of hydrogen-bond acceptors (Lipinski definition) is 6. The van der Waals surface area contributed by atoms with Crippen LogP contribution < -0.4 is 20.9 Å². The Bertz CT molecular complexity index is 1150. The second-order valence-electron chi connectivity index (χ2n) is 8.19. The standard InChI is InChI=1S/C22H29N5O4/c1-15-7-9-17(10-8-15)31-14-16(28)13-27-18-19(25(2)22(30)24-20(18)29)23-21(27)26-11-5-3-4-6-12-26/h7-10,16,28H,3-6,11-14H2,1-2H3,(H,24,29,30)/t16-/m1/s1. The number of aromatic amines is 1. The van der Waals surface area contributed by atoms with E-state index in [1.165, 1.54) is 4.57 Å². The Kier molecular flexibility index (Phi) is 6.13. The van der Waals surface area contributed by atoms with Gasteiger partial charge < -0.3 is 19.3 Å². The fourth-order valence-corrected chi connectivity index (χ4v) is 4.00. The summed E-state index contributed by atoms with van der Waals surface area (Å²) in [7, 11) is 1.58. The first-order chi connectivity index (χ1) is 14.9. The number of ether oxygens (including phenoxy) is 1. The van der Waals surface area contributed by atoms with Crippen LogP contribution in [-0.4, -0.2) is 50.0 Å². The lowest BCUT2D eigenvalue weighted by atomic mass is 10.2. The van der Waals surface area contributed by atoms with Crippen LogP contribution in [0.1, 0.15) is 31.2 Å². The van der Waals surface area contributed by atoms with E-state index in [9.17, 15) is 14.7 Å². The summed E-state index contributed by atoms with van der Waals surface area (Å²) in [4.78, 5) is 33.9. The van der Waals surface area contributed by atoms with Crippen LogP contribution in [0.15, 0.2) is 33.9 Å². The van der Waals surface area contributed by atoms with E-state index < -0.39 is 17.4 Å². The number of aromatic nitrogens is 4. The van der Waals surface area contributed by atoms with Crippen molar-refractivity contribution in [2.75, 3.05) is 24.6 Å². The van der Waals surface area contributed by atoms with Gasteiger partial charge in [-0.1, -0.05) is 30.5 Å². The maximum atomic E-state index is 12.7. The number of hydrogen-bond donors (Lipinski definition) is 2. The predicted octanol–water partition coefficient (Wildman–Crippen LogP) is 1.55. The summed E-state index contributed by atoms with van der Waals surface area (Å²) in [5.74, 6) is 1.28. The summed E-state index contributed by atoms with van der Waals surface area (Å²) in [5.41, 5.74) is 0.728. The van der Waals surface area contributed by atoms with Crippen molar-refractivity contribution >= 4 is 17.1 Å². The van der Waals surface area contributed by atoms with E-state index in [0.29, 0.717) is 17.3 Å². The van der Waals surface area contributed by atoms with Gasteiger partial charge in [0.2, 0.25) is 5.95 Å². The molecule has 0 bridgehead atoms. The van der Waals surface area contributed by atoms with Crippen molar-refractivity contribution in [3.05, 3.63) is 50.7 Å². The second-order valence-corrected chi connectivity index (χ2v) is 8.19. The highest BCUT2D eigenvalue weighted by Gasteiger charge is 2.24. The van der Waals surface area contributed by atoms with Crippen LogP contribution in [-0.2, 0) is 13.6 Å². The highest BCUT2D eigenvalue weighted by molar-refractivity contribution is 5.74. The normalized spacial score (nSPS) is 15.8. The fourth-order valence-electron chi connectivity index (χ4n) is 4.00. The zero-order valence-electron chi connectivity index (χ0n) is 18.0. The Morgan fingerprint density at radius 3 is 2.48 bits per heavy atom. The molecule has 4 rings (SSSR count). The van der Waals surface area contributed by atoms with Crippen LogP contribution >= 0.6 is 0 Å². The van der Waals surface area contributed by atoms with Gasteiger partial charge in [-0.3, -0.25) is 14.3 Å². The van der Waals surface area contributed by atoms with Gasteiger partial charge in [0.25, 0.3) is 5.56 Å². The lowest BCUT2D eigenvalue weighted by Crippen LogP contribution is -2.32. The van der Waals surface area contributed by atoms with Gasteiger partial charge in [0.15, 0.2) is 11.2 Å². The van der Waals surface area contributed by atoms with Crippen LogP contribution in [0.3, 0.4) is 0 Å². The molecule has 166 valence electrons. The molecule has 0 unspecified atom stereocenters. The third kappa shape index (κ3) is 4.51. The highest BCUT2D eigenvalue weighted by atomic mass is 16.5. The molecule has 1 fully saturated rings. The highest BCUT2D eigenvalue weighted by Crippen LogP contribution is 2.23. The number of aliphatic hydroxyl groups excluding tert-OH is 1. The predicted molar refractivity (Wildman–Crippen MR) is 119 cm³/mol. The van der Waals surface area contributed by atoms with E-state index >= 15 is 0 Å². The lowest BCUT2D eigenvalue weighted by Gasteiger charge is -2.23. The zero-order chi connectivity index (χ0) is 22.0. The second kappa shape index (κ2) is 8.97. The van der Waals surface area contributed by atoms with Gasteiger partial charge in [-0.05, 0) is 31.9 Å². The largest absolute Gasteiger partial charge is 0.491 e. The smallest absolute Gasteiger partial charge is 0.329 e. The number of aliphatic hydroxyl groups is 1. The van der Waals surface area contributed by atoms with Crippen molar-refractivity contribution in [3.63, 3.8) is 0 Å². The van der Waals surface area contributed by atoms with Gasteiger partial charge >= 0.3 is 5.69 Å². The molecule has 2 N–H and O–H groups in total. The molecule has 1 saturated heterocycles. The van der Waals surface area contributed by atoms with Crippen molar-refractivity contribution in [1.82, 2.24) is 19.1 Å². The third-order valence-electron chi connectivity index (χ3n) is 5.73. The minimum absolute atomic E-state index is 0.0752. The molecule has 0 spiro atoms. The molecular weight excluding hydrogens is 398 g/mol. The number of benzene rings is 1. The maximum absolute atomic E-state index is 12.7. The van der Waals surface area contributed by atoms with Gasteiger partial charge in [-0.25, -0.2) is 4.79 Å². The van der Waals surface area contributed by atoms with Crippen LogP contribution in [0.4, 0.5) is 5.95 Å². The van der Waals surface area contributed by atoms with Crippen molar-refractivity contribution in [2.24, 2.45) is 7.05 Å². The van der Waals surface area contributed by atoms with E-state index in [1.54, 1.807) is 11.6 Å². The van der Waals surface area contributed by atoms with Gasteiger partial charge in [-0.15, -0.1) is 0 Å². The van der Waals surface area contributed by atoms with Crippen molar-refractivity contribution in [3.8, 4) is 5.75 Å². The molecule has 31 heavy (non-hydrogen) atoms. The molecule has 1 aromatic carbocycles. The minimum atomic E-state index is -0.860. The topological polar surface area (TPSA) is 105 Å². The van der Waals surface area contributed by atoms with E-state index in [1.807, 2.05) is 31.2 Å². The van der Waals surface area contributed by atoms with Crippen LogP contribution in [0.5, 0.6) is 5.75 Å². The average Bonchev–Trinajstić information content (AvgIpc) is 2.93. The van der Waals surface area contributed by atoms with Crippen LogP contribution in [0.25, 0.3) is 11.2 Å². The summed E-state index contributed by atoms with van der Waals surface area (Å²) in [6.45, 7) is 3.86. The molecule has 1 atom stereocenters. The van der Waals surface area contributed by atoms with Crippen molar-refractivity contribution < 1.29 is 9.84 Å². The molecular formula is C22H29N5O4. The molecule has 3 aromatic rings. The van der Waals surface area contributed by atoms with Gasteiger partial charge in [0.1, 0.15) is 18.5 Å². The zero-order valence-corrected chi connectivity index (χ0v) is 18.0. The summed E-state index contributed by atoms with van der Waals surface area (Å²) in [6, 6.07) is 7.61. The summed E-state index contributed by atoms with van der Waals surface area (Å²) in [6.07, 6.45) is 3.53. The summed E-state index contributed by atoms with van der Waals surface area (Å²) in [5, 5.41) is 10.7. The maximum Gasteiger partial charge on any atom is 0.329 e. The molecule has 1 aliphatic rings. The number of nitrogens with zero attached hydrogens (tertiary/aromatic N) is 4. The molecule has 0 radical (unpaired) electrons. The SMILES string of the molecule is Cc1ccc(OC[C@H](O)Cn2c(N3CCCCCC3)nc3c2c(=O)[nH]c(=O)n3C)cc1. The molecule has 1 aliphatic heterocycles. The Labute approximate surface area is 179 Å². The number of imidazole rings is 1. The number of aryl methyl sites for hydroxylation is 2. The van der Waals surface area contributed by atoms with Gasteiger partial charge in [0.05, 0.1) is 6.54 Å². The van der Waals surface area contributed by atoms with Gasteiger partial charge in [0, 0.05) is 20.1 Å². The first-order valence-electron chi connectivity index (χ1n) is 10.8. The molecule has 9 heteroatoms. The minimum Gasteiger partial charge on any atom is -0.491 e. The van der Waals surface area contributed by atoms with Crippen molar-refractivity contribution in [1.29, 1.82) is 0 Å². The number of fused-ring (bicyclic) bond motifs is 1. The fraction of sp³-hybridized carbons (Fsp3) is 0.500. The summed E-state index contributed by atoms with van der Waals surface area (Å²) < 4.78 is 8.78. The van der Waals surface area contributed by atoms with Crippen LogP contribution in [0.2, 0.25) is 0 Å². The van der Waals surface area contributed by atoms with Gasteiger partial charge in [-0.2, -0.15) is 4.98 Å². The quantitative estimate of drug-likeness (QED) is 0.618. The Morgan fingerprint density at radius 1 is 1.13 bits per heavy atom. The molecule has 0 amide bonds. The molecule has 9 nitrogen and oxygen atoms in total. The van der Waals surface area contributed by atoms with Crippen molar-refractivity contribution in [2.45, 2.75) is 45.3 Å². The Morgan fingerprint density at radius 2 is 1.81 bits per heavy atom. The molecule has 0 saturated carbocycles. The first kappa shape index (κ1) is 21.2. The molecule has 0 aliphatic carbocycles. The average molecular weight is 428 g/mol. The van der Waals surface area contributed by atoms with E-state index in [0.717, 1.165) is 44.3 Å². The first-order valence-corrected chi connectivity index (χ1v) is 10.8. The number of nitrogens with one attached hydrogen (secondary N) is 1. The Balaban J connectivity index is 1.66. The van der Waals surface area contributed by atoms with E-state index in [-0.39, 0.29) is 18.7 Å². The number of H-pyrrole nitrogens is 1. The molecule has 3 heterocycles. The van der Waals surface area contributed by atoms with E-state index in [4.69, 9.17) is 4.74 Å². The Hall–Kier alpha value is -3.07. The van der Waals surface area contributed by atoms with E-state index in [2.05, 4.69) is 14.9 Å². The number of anilines is 1. The third-order valence-corrected chi connectivity index (χ3v) is 5.73. The number of rotatable bonds is 6. The summed E-state index contributed by atoms with van der Waals surface area (Å²) >= 11 is 0. The monoisotopic (exact) mass is 427 g/mol.